The Hall–Kier alpha value is -8.00. The van der Waals surface area contributed by atoms with E-state index >= 15 is 0 Å². The molecular weight excluding hydrogens is 1350 g/mol. The van der Waals surface area contributed by atoms with E-state index in [0.29, 0.717) is 135 Å². The van der Waals surface area contributed by atoms with Gasteiger partial charge in [0.1, 0.15) is 46.1 Å². The molecule has 2 amide bonds. The molecule has 0 aliphatic rings. The lowest BCUT2D eigenvalue weighted by Crippen LogP contribution is -2.37. The largest absolute Gasteiger partial charge is 0.507 e. The second kappa shape index (κ2) is 39.8. The fourth-order valence-electron chi connectivity index (χ4n) is 8.77. The predicted molar refractivity (Wildman–Crippen MR) is 368 cm³/mol. The maximum Gasteiger partial charge on any atom is 0.347 e. The molecule has 1 heterocycles. The Bertz CT molecular complexity index is 3680. The summed E-state index contributed by atoms with van der Waals surface area (Å²) in [5.74, 6) is -0.249. The molecule has 0 saturated heterocycles. The van der Waals surface area contributed by atoms with Crippen LogP contribution in [0.3, 0.4) is 0 Å². The monoisotopic (exact) mass is 1420 g/mol. The van der Waals surface area contributed by atoms with Gasteiger partial charge < -0.3 is 59.4 Å². The highest BCUT2D eigenvalue weighted by Gasteiger charge is 2.29. The minimum Gasteiger partial charge on any atom is -0.507 e. The summed E-state index contributed by atoms with van der Waals surface area (Å²) in [6.07, 6.45) is 5.79. The molecule has 0 spiro atoms. The number of benzene rings is 6. The van der Waals surface area contributed by atoms with E-state index in [0.717, 1.165) is 46.7 Å². The van der Waals surface area contributed by atoms with Gasteiger partial charge in [-0.3, -0.25) is 14.4 Å². The van der Waals surface area contributed by atoms with Gasteiger partial charge in [0, 0.05) is 47.0 Å². The average molecular weight is 1430 g/mol. The van der Waals surface area contributed by atoms with Crippen LogP contribution < -0.4 is 29.0 Å². The number of halogens is 4. The summed E-state index contributed by atoms with van der Waals surface area (Å²) >= 11 is 22.6. The number of ketones is 2. The van der Waals surface area contributed by atoms with Crippen molar-refractivity contribution in [1.29, 1.82) is 0 Å². The van der Waals surface area contributed by atoms with Gasteiger partial charge in [0.25, 0.3) is 0 Å². The van der Waals surface area contributed by atoms with Crippen molar-refractivity contribution >= 4 is 111 Å². The van der Waals surface area contributed by atoms with Crippen molar-refractivity contribution in [3.8, 4) is 40.2 Å². The highest BCUT2D eigenvalue weighted by Crippen LogP contribution is 2.36. The Morgan fingerprint density at radius 1 is 0.600 bits per heavy atom. The van der Waals surface area contributed by atoms with Crippen LogP contribution in [0.1, 0.15) is 117 Å². The summed E-state index contributed by atoms with van der Waals surface area (Å²) in [7, 11) is 0. The van der Waals surface area contributed by atoms with E-state index in [1.54, 1.807) is 102 Å². The van der Waals surface area contributed by atoms with Crippen LogP contribution in [0, 0.1) is 5.82 Å². The molecule has 0 atom stereocenters. The lowest BCUT2D eigenvalue weighted by atomic mass is 10.0. The number of phenolic OH excluding ortho intramolecular Hbond substituents is 2. The number of aromatic nitrogens is 2. The van der Waals surface area contributed by atoms with Crippen LogP contribution in [0.25, 0.3) is 0 Å². The van der Waals surface area contributed by atoms with E-state index < -0.39 is 35.4 Å². The number of ether oxygens (including phenoxy) is 5. The highest BCUT2D eigenvalue weighted by atomic mass is 35.5. The molecule has 7 aromatic rings. The SMILES string of the molecule is CC(C)(Oc1ccc(CCCN(CCc2c(F)cccc2Cl)C(=O)Nc2cccc(Cl)c2Cl)cc1)C(=O)O.CCCc1c(OCCCOc2ccc(OCC(=O)O)cc2)ccc(C(C)=O)c1O.CCCc1c(OCCCSc2nnc(SCC(=O)O)s2)ccc(C(C)=O)c1O. The summed E-state index contributed by atoms with van der Waals surface area (Å²) in [6, 6.07) is 29.5. The summed E-state index contributed by atoms with van der Waals surface area (Å²) in [4.78, 5) is 70.3. The molecule has 0 fully saturated rings. The van der Waals surface area contributed by atoms with Crippen LogP contribution in [-0.4, -0.2) is 133 Å². The first kappa shape index (κ1) is 77.7. The number of amides is 2. The van der Waals surface area contributed by atoms with E-state index in [4.69, 9.17) is 68.7 Å². The van der Waals surface area contributed by atoms with Crippen LogP contribution >= 0.6 is 69.7 Å². The van der Waals surface area contributed by atoms with Crippen molar-refractivity contribution in [2.45, 2.75) is 114 Å². The molecule has 0 radical (unpaired) electrons. The molecule has 1 aromatic heterocycles. The van der Waals surface area contributed by atoms with Gasteiger partial charge in [-0.15, -0.1) is 10.2 Å². The number of urea groups is 1. The number of aromatic hydroxyl groups is 2. The number of carbonyl (C=O) groups is 6. The predicted octanol–water partition coefficient (Wildman–Crippen LogP) is 15.7. The Morgan fingerprint density at radius 2 is 1.14 bits per heavy atom. The summed E-state index contributed by atoms with van der Waals surface area (Å²) in [6.45, 7) is 11.3. The number of carboxylic acid groups (broad SMARTS) is 3. The quantitative estimate of drug-likeness (QED) is 0.0122. The van der Waals surface area contributed by atoms with Crippen LogP contribution in [0.15, 0.2) is 118 Å². The maximum atomic E-state index is 14.3. The Morgan fingerprint density at radius 3 is 1.68 bits per heavy atom. The summed E-state index contributed by atoms with van der Waals surface area (Å²) in [5.41, 5.74) is 2.30. The van der Waals surface area contributed by atoms with Crippen molar-refractivity contribution in [3.63, 3.8) is 0 Å². The number of hydrogen-bond acceptors (Lipinski definition) is 18. The lowest BCUT2D eigenvalue weighted by molar-refractivity contribution is -0.152. The van der Waals surface area contributed by atoms with Gasteiger partial charge in [-0.05, 0) is 157 Å². The van der Waals surface area contributed by atoms with E-state index in [1.807, 2.05) is 26.0 Å². The van der Waals surface area contributed by atoms with E-state index in [-0.39, 0.29) is 53.4 Å². The topological polar surface area (TPSA) is 291 Å². The van der Waals surface area contributed by atoms with Gasteiger partial charge in [-0.1, -0.05) is 121 Å². The molecule has 7 rings (SSSR count). The number of aryl methyl sites for hydroxylation is 1. The van der Waals surface area contributed by atoms with E-state index in [1.165, 1.54) is 51.2 Å². The number of phenols is 2. The molecule has 0 aliphatic carbocycles. The van der Waals surface area contributed by atoms with E-state index in [9.17, 15) is 48.5 Å². The molecule has 20 nitrogen and oxygen atoms in total. The van der Waals surface area contributed by atoms with Crippen molar-refractivity contribution < 1.29 is 82.4 Å². The van der Waals surface area contributed by atoms with Crippen molar-refractivity contribution in [2.75, 3.05) is 56.3 Å². The summed E-state index contributed by atoms with van der Waals surface area (Å²) < 4.78 is 43.6. The minimum atomic E-state index is -1.34. The summed E-state index contributed by atoms with van der Waals surface area (Å²) in [5, 5.41) is 58.8. The zero-order chi connectivity index (χ0) is 69.6. The molecule has 0 unspecified atom stereocenters. The number of thioether (sulfide) groups is 2. The van der Waals surface area contributed by atoms with Gasteiger partial charge in [-0.2, -0.15) is 0 Å². The second-order valence-electron chi connectivity index (χ2n) is 21.4. The normalized spacial score (nSPS) is 10.8. The second-order valence-corrected chi connectivity index (χ2v) is 26.1. The van der Waals surface area contributed by atoms with Gasteiger partial charge in [0.15, 0.2) is 32.5 Å². The van der Waals surface area contributed by atoms with Crippen LogP contribution in [0.4, 0.5) is 14.9 Å². The van der Waals surface area contributed by atoms with Gasteiger partial charge in [-0.25, -0.2) is 18.8 Å². The Balaban J connectivity index is 0.000000262. The number of rotatable bonds is 35. The third-order valence-corrected chi connectivity index (χ3v) is 18.0. The number of aliphatic carboxylic acids is 3. The van der Waals surface area contributed by atoms with Gasteiger partial charge in [0.05, 0.1) is 52.4 Å². The smallest absolute Gasteiger partial charge is 0.347 e. The van der Waals surface area contributed by atoms with Gasteiger partial charge >= 0.3 is 23.9 Å². The van der Waals surface area contributed by atoms with E-state index in [2.05, 4.69) is 15.5 Å². The van der Waals surface area contributed by atoms with Gasteiger partial charge in [0.2, 0.25) is 0 Å². The fourth-order valence-corrected chi connectivity index (χ4v) is 12.1. The molecule has 6 aromatic carbocycles. The number of Topliss-reactive ketones (excluding diaryl/α,β-unsaturated/α-hetero) is 2. The Labute approximate surface area is 578 Å². The first-order valence-corrected chi connectivity index (χ1v) is 34.0. The number of carbonyl (C=O) groups excluding carboxylic acids is 3. The number of hydrogen-bond donors (Lipinski definition) is 6. The third-order valence-electron chi connectivity index (χ3n) is 13.6. The fraction of sp³-hybridized carbons (Fsp3) is 0.353. The van der Waals surface area contributed by atoms with Crippen molar-refractivity contribution in [2.24, 2.45) is 0 Å². The van der Waals surface area contributed by atoms with Crippen LogP contribution in [0.2, 0.25) is 15.1 Å². The maximum absolute atomic E-state index is 14.3. The Kier molecular flexibility index (Phi) is 32.5. The molecule has 27 heteroatoms. The third kappa shape index (κ3) is 25.9. The molecule has 0 aliphatic heterocycles. The minimum absolute atomic E-state index is 0.00157. The molecular formula is C68H76Cl3FN4O16S3. The van der Waals surface area contributed by atoms with Crippen molar-refractivity contribution in [1.82, 2.24) is 15.1 Å². The molecule has 95 heavy (non-hydrogen) atoms. The van der Waals surface area contributed by atoms with Crippen LogP contribution in [-0.2, 0) is 40.1 Å². The molecule has 6 N–H and O–H groups in total. The zero-order valence-electron chi connectivity index (χ0n) is 53.2. The average Bonchev–Trinajstić information content (AvgIpc) is 1.18. The molecule has 510 valence electrons. The molecule has 0 saturated carbocycles. The first-order valence-electron chi connectivity index (χ1n) is 30.1. The highest BCUT2D eigenvalue weighted by molar-refractivity contribution is 8.03. The molecule has 0 bridgehead atoms. The standard InChI is InChI=1S/C28H28Cl3FN2O4.C22H26O7.C18H22N2O5S3/c1-28(2,26(35)36)38-19-13-11-18(12-14-19)6-5-16-34(17-15-20-21(29)7-3-9-23(20)32)27(37)33-24-10-4-8-22(30)25(24)31;1-3-5-19-20(11-10-18(15(2)23)22(19)26)28-13-4-12-27-16-6-8-17(9-7-16)29-14-21(24)25;1-3-5-13-14(7-6-12(11(2)21)16(13)24)25-8-4-9-26-17-19-20-18(28-17)27-10-15(22)23/h3-4,7-14H,5-6,15-17H2,1-2H3,(H,33,37)(H,35,36);6-11,26H,3-5,12-14H2,1-2H3,(H,24,25);6-7,24H,3-5,8-10H2,1-2H3,(H,22,23). The number of anilines is 1. The lowest BCUT2D eigenvalue weighted by Gasteiger charge is -2.24. The van der Waals surface area contributed by atoms with Crippen LogP contribution in [0.5, 0.6) is 40.2 Å². The van der Waals surface area contributed by atoms with Crippen molar-refractivity contribution in [3.05, 3.63) is 163 Å². The number of nitrogens with one attached hydrogen (secondary N) is 1. The first-order chi connectivity index (χ1) is 45.3. The number of nitrogens with zero attached hydrogens (tertiary/aromatic N) is 3. The number of carboxylic acids is 3. The zero-order valence-corrected chi connectivity index (χ0v) is 57.9.